The lowest BCUT2D eigenvalue weighted by Gasteiger charge is -2.36. The Hall–Kier alpha value is -0.380. The number of thiophene rings is 1. The van der Waals surface area contributed by atoms with Crippen LogP contribution in [0.4, 0.5) is 0 Å². The van der Waals surface area contributed by atoms with Crippen molar-refractivity contribution < 1.29 is 0 Å². The highest BCUT2D eigenvalue weighted by Gasteiger charge is 2.26. The molecule has 0 spiro atoms. The summed E-state index contributed by atoms with van der Waals surface area (Å²) >= 11 is 1.87. The maximum Gasteiger partial charge on any atom is 0.00579 e. The molecule has 0 unspecified atom stereocenters. The molecule has 0 bridgehead atoms. The van der Waals surface area contributed by atoms with E-state index in [1.807, 2.05) is 11.3 Å². The molecule has 0 saturated heterocycles. The van der Waals surface area contributed by atoms with Crippen molar-refractivity contribution in [3.8, 4) is 0 Å². The van der Waals surface area contributed by atoms with Crippen LogP contribution in [-0.2, 0) is 6.42 Å². The Bertz CT molecular complexity index is 317. The average molecular weight is 282 g/mol. The molecular weight excluding hydrogens is 252 g/mol. The average Bonchev–Trinajstić information content (AvgIpc) is 2.94. The van der Waals surface area contributed by atoms with Gasteiger partial charge in [-0.1, -0.05) is 26.8 Å². The molecule has 1 aromatic heterocycles. The molecule has 0 amide bonds. The summed E-state index contributed by atoms with van der Waals surface area (Å²) < 4.78 is 0. The summed E-state index contributed by atoms with van der Waals surface area (Å²) in [7, 11) is 2.26. The molecular formula is C16H30N2S. The fourth-order valence-electron chi connectivity index (χ4n) is 2.58. The Kier molecular flexibility index (Phi) is 7.66. The zero-order valence-electron chi connectivity index (χ0n) is 13.0. The Morgan fingerprint density at radius 2 is 2.00 bits per heavy atom. The lowest BCUT2D eigenvalue weighted by atomic mass is 9.81. The van der Waals surface area contributed by atoms with Crippen LogP contribution in [0.1, 0.15) is 38.5 Å². The molecule has 0 saturated carbocycles. The third kappa shape index (κ3) is 5.64. The van der Waals surface area contributed by atoms with Crippen molar-refractivity contribution in [1.29, 1.82) is 0 Å². The number of nitrogens with one attached hydrogen (secondary N) is 1. The highest BCUT2D eigenvalue weighted by molar-refractivity contribution is 7.09. The monoisotopic (exact) mass is 282 g/mol. The largest absolute Gasteiger partial charge is 0.316 e. The first-order valence-corrected chi connectivity index (χ1v) is 8.45. The van der Waals surface area contributed by atoms with E-state index >= 15 is 0 Å². The molecule has 2 nitrogen and oxygen atoms in total. The van der Waals surface area contributed by atoms with E-state index in [2.05, 4.69) is 55.5 Å². The van der Waals surface area contributed by atoms with Gasteiger partial charge in [-0.15, -0.1) is 11.3 Å². The van der Waals surface area contributed by atoms with E-state index in [1.54, 1.807) is 0 Å². The predicted octanol–water partition coefficient (Wildman–Crippen LogP) is 3.64. The van der Waals surface area contributed by atoms with Gasteiger partial charge >= 0.3 is 0 Å². The second-order valence-electron chi connectivity index (χ2n) is 5.55. The molecule has 0 atom stereocenters. The lowest BCUT2D eigenvalue weighted by molar-refractivity contribution is 0.157. The summed E-state index contributed by atoms with van der Waals surface area (Å²) in [5.41, 5.74) is 0.431. The van der Waals surface area contributed by atoms with Crippen molar-refractivity contribution in [1.82, 2.24) is 10.2 Å². The Morgan fingerprint density at radius 3 is 2.53 bits per heavy atom. The predicted molar refractivity (Wildman–Crippen MR) is 87.1 cm³/mol. The standard InChI is InChI=1S/C16H30N2S/c1-5-16(6-2,13-17-7-3)14-18(4)11-10-15-9-8-12-19-15/h8-9,12,17H,5-7,10-11,13-14H2,1-4H3. The van der Waals surface area contributed by atoms with Crippen LogP contribution < -0.4 is 5.32 Å². The van der Waals surface area contributed by atoms with Gasteiger partial charge in [0, 0.05) is 24.5 Å². The molecule has 1 aromatic rings. The van der Waals surface area contributed by atoms with Crippen LogP contribution in [0.25, 0.3) is 0 Å². The van der Waals surface area contributed by atoms with Crippen molar-refractivity contribution >= 4 is 11.3 Å². The van der Waals surface area contributed by atoms with Gasteiger partial charge in [0.1, 0.15) is 0 Å². The van der Waals surface area contributed by atoms with E-state index < -0.39 is 0 Å². The zero-order chi connectivity index (χ0) is 14.1. The van der Waals surface area contributed by atoms with Gasteiger partial charge in [0.05, 0.1) is 0 Å². The van der Waals surface area contributed by atoms with Gasteiger partial charge in [-0.05, 0) is 49.7 Å². The number of hydrogen-bond donors (Lipinski definition) is 1. The van der Waals surface area contributed by atoms with E-state index in [0.717, 1.165) is 19.6 Å². The molecule has 0 radical (unpaired) electrons. The van der Waals surface area contributed by atoms with Crippen LogP contribution in [0.5, 0.6) is 0 Å². The molecule has 0 aliphatic rings. The van der Waals surface area contributed by atoms with Crippen molar-refractivity contribution in [3.63, 3.8) is 0 Å². The van der Waals surface area contributed by atoms with Gasteiger partial charge in [-0.25, -0.2) is 0 Å². The topological polar surface area (TPSA) is 15.3 Å². The molecule has 3 heteroatoms. The first-order valence-electron chi connectivity index (χ1n) is 7.57. The van der Waals surface area contributed by atoms with Gasteiger partial charge in [-0.3, -0.25) is 0 Å². The van der Waals surface area contributed by atoms with Crippen LogP contribution >= 0.6 is 11.3 Å². The van der Waals surface area contributed by atoms with Crippen molar-refractivity contribution in [2.75, 3.05) is 33.2 Å². The molecule has 0 aliphatic carbocycles. The molecule has 19 heavy (non-hydrogen) atoms. The molecule has 110 valence electrons. The third-order valence-corrected chi connectivity index (χ3v) is 5.11. The van der Waals surface area contributed by atoms with Gasteiger partial charge in [-0.2, -0.15) is 0 Å². The number of likely N-dealkylation sites (N-methyl/N-ethyl adjacent to an activating group) is 1. The number of rotatable bonds is 10. The summed E-state index contributed by atoms with van der Waals surface area (Å²) in [6, 6.07) is 4.39. The quantitative estimate of drug-likeness (QED) is 0.705. The van der Waals surface area contributed by atoms with Crippen LogP contribution in [0.15, 0.2) is 17.5 Å². The molecule has 0 fully saturated rings. The van der Waals surface area contributed by atoms with Gasteiger partial charge in [0.25, 0.3) is 0 Å². The Balaban J connectivity index is 2.43. The SMILES string of the molecule is CCNCC(CC)(CC)CN(C)CCc1cccs1. The van der Waals surface area contributed by atoms with Crippen LogP contribution in [0.3, 0.4) is 0 Å². The van der Waals surface area contributed by atoms with Gasteiger partial charge < -0.3 is 10.2 Å². The molecule has 0 aromatic carbocycles. The zero-order valence-corrected chi connectivity index (χ0v) is 13.9. The third-order valence-electron chi connectivity index (χ3n) is 4.18. The number of hydrogen-bond acceptors (Lipinski definition) is 3. The second kappa shape index (κ2) is 8.72. The van der Waals surface area contributed by atoms with E-state index in [1.165, 1.54) is 30.7 Å². The smallest absolute Gasteiger partial charge is 0.00579 e. The molecule has 1 N–H and O–H groups in total. The Labute approximate surface area is 123 Å². The van der Waals surface area contributed by atoms with Crippen LogP contribution in [0, 0.1) is 5.41 Å². The molecule has 1 rings (SSSR count). The van der Waals surface area contributed by atoms with Crippen molar-refractivity contribution in [2.45, 2.75) is 40.0 Å². The normalized spacial score (nSPS) is 12.3. The van der Waals surface area contributed by atoms with E-state index in [-0.39, 0.29) is 0 Å². The highest BCUT2D eigenvalue weighted by Crippen LogP contribution is 2.26. The summed E-state index contributed by atoms with van der Waals surface area (Å²) in [6.45, 7) is 11.4. The minimum Gasteiger partial charge on any atom is -0.316 e. The summed E-state index contributed by atoms with van der Waals surface area (Å²) in [6.07, 6.45) is 3.68. The Morgan fingerprint density at radius 1 is 1.26 bits per heavy atom. The lowest BCUT2D eigenvalue weighted by Crippen LogP contribution is -2.42. The summed E-state index contributed by atoms with van der Waals surface area (Å²) in [5.74, 6) is 0. The number of nitrogens with zero attached hydrogens (tertiary/aromatic N) is 1. The minimum absolute atomic E-state index is 0.431. The van der Waals surface area contributed by atoms with Crippen molar-refractivity contribution in [3.05, 3.63) is 22.4 Å². The van der Waals surface area contributed by atoms with Crippen molar-refractivity contribution in [2.24, 2.45) is 5.41 Å². The van der Waals surface area contributed by atoms with Crippen LogP contribution in [0.2, 0.25) is 0 Å². The van der Waals surface area contributed by atoms with Gasteiger partial charge in [0.2, 0.25) is 0 Å². The van der Waals surface area contributed by atoms with Gasteiger partial charge in [0.15, 0.2) is 0 Å². The minimum atomic E-state index is 0.431. The summed E-state index contributed by atoms with van der Waals surface area (Å²) in [5, 5.41) is 5.71. The summed E-state index contributed by atoms with van der Waals surface area (Å²) in [4.78, 5) is 4.00. The maximum absolute atomic E-state index is 3.54. The highest BCUT2D eigenvalue weighted by atomic mass is 32.1. The van der Waals surface area contributed by atoms with E-state index in [9.17, 15) is 0 Å². The first-order chi connectivity index (χ1) is 9.15. The fourth-order valence-corrected chi connectivity index (χ4v) is 3.28. The van der Waals surface area contributed by atoms with Crippen LogP contribution in [-0.4, -0.2) is 38.1 Å². The second-order valence-corrected chi connectivity index (χ2v) is 6.59. The fraction of sp³-hybridized carbons (Fsp3) is 0.750. The molecule has 1 heterocycles. The molecule has 0 aliphatic heterocycles. The first kappa shape index (κ1) is 16.7. The van der Waals surface area contributed by atoms with E-state index in [4.69, 9.17) is 0 Å². The maximum atomic E-state index is 3.54. The van der Waals surface area contributed by atoms with E-state index in [0.29, 0.717) is 5.41 Å².